The van der Waals surface area contributed by atoms with Gasteiger partial charge in [-0.2, -0.15) is 0 Å². The molecule has 8 heteroatoms. The number of aliphatic hydroxyl groups excluding tert-OH is 1. The van der Waals surface area contributed by atoms with Crippen molar-refractivity contribution in [2.24, 2.45) is 104 Å². The molecule has 7 heterocycles. The Morgan fingerprint density at radius 1 is 0.790 bits per heavy atom. The van der Waals surface area contributed by atoms with Crippen LogP contribution in [0, 0.1) is 110 Å². The van der Waals surface area contributed by atoms with Gasteiger partial charge in [0, 0.05) is 79.0 Å². The molecule has 19 unspecified atom stereocenters. The van der Waals surface area contributed by atoms with E-state index in [1.807, 2.05) is 0 Å². The van der Waals surface area contributed by atoms with Crippen LogP contribution in [0.5, 0.6) is 0 Å². The number of rotatable bonds is 4. The largest absolute Gasteiger partial charge is 0.509 e. The quantitative estimate of drug-likeness (QED) is 0.175. The summed E-state index contributed by atoms with van der Waals surface area (Å²) in [6, 6.07) is 7.44. The van der Waals surface area contributed by atoms with Gasteiger partial charge in [-0.1, -0.05) is 105 Å². The molecule has 0 amide bonds. The Balaban J connectivity index is 0.894. The summed E-state index contributed by atoms with van der Waals surface area (Å²) in [4.78, 5) is 38.8. The van der Waals surface area contributed by atoms with Gasteiger partial charge < -0.3 is 25.2 Å². The Bertz CT molecular complexity index is 3190. The summed E-state index contributed by atoms with van der Waals surface area (Å²) in [7, 11) is 0. The van der Waals surface area contributed by atoms with Crippen molar-refractivity contribution in [3.63, 3.8) is 0 Å². The molecule has 1 aromatic rings. The van der Waals surface area contributed by atoms with Gasteiger partial charge in [0.15, 0.2) is 11.4 Å². The van der Waals surface area contributed by atoms with Crippen molar-refractivity contribution >= 4 is 11.9 Å². The first-order chi connectivity index (χ1) is 39.7. The van der Waals surface area contributed by atoms with Crippen LogP contribution < -0.4 is 5.73 Å². The molecule has 9 fully saturated rings. The summed E-state index contributed by atoms with van der Waals surface area (Å²) >= 11 is 0. The zero-order valence-corrected chi connectivity index (χ0v) is 48.4. The van der Waals surface area contributed by atoms with Crippen molar-refractivity contribution in [3.8, 4) is 11.8 Å². The number of nitrogens with zero attached hydrogens (tertiary/aromatic N) is 2. The van der Waals surface area contributed by atoms with Gasteiger partial charge in [0.2, 0.25) is 0 Å². The van der Waals surface area contributed by atoms with Gasteiger partial charge in [-0.15, -0.1) is 5.92 Å². The zero-order valence-electron chi connectivity index (χ0n) is 48.4. The highest BCUT2D eigenvalue weighted by Crippen LogP contribution is 2.89. The van der Waals surface area contributed by atoms with E-state index in [-0.39, 0.29) is 53.0 Å². The number of aryl methyl sites for hydroxylation is 1. The predicted octanol–water partition coefficient (Wildman–Crippen LogP) is 13.7. The van der Waals surface area contributed by atoms with Gasteiger partial charge in [0.1, 0.15) is 11.2 Å². The van der Waals surface area contributed by atoms with Crippen molar-refractivity contribution in [1.29, 1.82) is 0 Å². The molecular weight excluding hydrogens is 999 g/mol. The van der Waals surface area contributed by atoms with E-state index in [2.05, 4.69) is 64.1 Å². The molecule has 8 nitrogen and oxygen atoms in total. The second kappa shape index (κ2) is 16.9. The summed E-state index contributed by atoms with van der Waals surface area (Å²) in [6.07, 6.45) is 43.8. The molecule has 19 atom stereocenters. The van der Waals surface area contributed by atoms with Crippen molar-refractivity contribution in [2.45, 2.75) is 210 Å². The van der Waals surface area contributed by atoms with Crippen molar-refractivity contribution in [2.75, 3.05) is 19.6 Å². The lowest BCUT2D eigenvalue weighted by molar-refractivity contribution is -0.283. The number of carbonyl (C=O) groups excluding carboxylic acids is 2. The van der Waals surface area contributed by atoms with E-state index < -0.39 is 16.4 Å². The maximum absolute atomic E-state index is 17.1. The molecule has 6 spiro atoms. The van der Waals surface area contributed by atoms with Crippen molar-refractivity contribution in [1.82, 2.24) is 9.80 Å². The fourth-order valence-electron chi connectivity index (χ4n) is 27.6. The molecule has 3 saturated heterocycles. The number of aliphatic hydroxyl groups is 1. The third-order valence-electron chi connectivity index (χ3n) is 29.7. The van der Waals surface area contributed by atoms with E-state index >= 15 is 9.59 Å². The minimum atomic E-state index is -1.18. The fraction of sp³-hybridized carbons (Fsp3) is 0.726. The predicted molar refractivity (Wildman–Crippen MR) is 310 cm³/mol. The lowest BCUT2D eigenvalue weighted by Crippen LogP contribution is -2.78. The molecule has 3 N–H and O–H groups in total. The van der Waals surface area contributed by atoms with Crippen LogP contribution in [0.3, 0.4) is 0 Å². The van der Waals surface area contributed by atoms with Crippen LogP contribution in [0.25, 0.3) is 0 Å². The smallest absolute Gasteiger partial charge is 0.339 e. The molecule has 11 aliphatic carbocycles. The molecule has 10 bridgehead atoms. The third-order valence-corrected chi connectivity index (χ3v) is 29.7. The first-order valence-corrected chi connectivity index (χ1v) is 34.2. The number of hydrogen-bond donors (Lipinski definition) is 2. The van der Waals surface area contributed by atoms with Crippen LogP contribution in [0.15, 0.2) is 76.4 Å². The van der Waals surface area contributed by atoms with Gasteiger partial charge >= 0.3 is 11.9 Å². The maximum Gasteiger partial charge on any atom is 0.339 e. The van der Waals surface area contributed by atoms with Crippen LogP contribution in [0.4, 0.5) is 0 Å². The molecule has 18 aliphatic rings. The summed E-state index contributed by atoms with van der Waals surface area (Å²) in [5.41, 5.74) is 12.8. The minimum absolute atomic E-state index is 0.0367. The fourth-order valence-corrected chi connectivity index (χ4v) is 27.6. The third kappa shape index (κ3) is 5.66. The Hall–Kier alpha value is -4.06. The highest BCUT2D eigenvalue weighted by molar-refractivity contribution is 6.00. The first-order valence-electron chi connectivity index (χ1n) is 34.2. The van der Waals surface area contributed by atoms with E-state index in [1.54, 1.807) is 16.8 Å². The van der Waals surface area contributed by atoms with Crippen LogP contribution in [-0.2, 0) is 26.3 Å². The first kappa shape index (κ1) is 49.2. The molecule has 1 aromatic carbocycles. The number of hydrogen-bond acceptors (Lipinski definition) is 8. The van der Waals surface area contributed by atoms with E-state index in [1.165, 1.54) is 140 Å². The summed E-state index contributed by atoms with van der Waals surface area (Å²) in [6.45, 7) is 2.72. The van der Waals surface area contributed by atoms with Gasteiger partial charge in [0.25, 0.3) is 0 Å². The second-order valence-electron chi connectivity index (χ2n) is 31.5. The Kier molecular flexibility index (Phi) is 10.3. The zero-order chi connectivity index (χ0) is 53.6. The average Bonchev–Trinajstić information content (AvgIpc) is 1.72. The number of nitrogens with two attached hydrogens (primary N) is 1. The van der Waals surface area contributed by atoms with Gasteiger partial charge in [-0.3, -0.25) is 9.69 Å². The number of ether oxygens (including phenoxy) is 2. The summed E-state index contributed by atoms with van der Waals surface area (Å²) in [5.74, 6) is 12.8. The van der Waals surface area contributed by atoms with Crippen LogP contribution in [0.1, 0.15) is 201 Å². The lowest BCUT2D eigenvalue weighted by Gasteiger charge is -2.73. The molecule has 6 saturated carbocycles. The van der Waals surface area contributed by atoms with Gasteiger partial charge in [-0.05, 0) is 210 Å². The van der Waals surface area contributed by atoms with Crippen LogP contribution in [0.2, 0.25) is 0 Å². The molecule has 81 heavy (non-hydrogen) atoms. The Morgan fingerprint density at radius 3 is 2.56 bits per heavy atom. The number of esters is 2. The Labute approximate surface area is 482 Å². The maximum atomic E-state index is 17.1. The van der Waals surface area contributed by atoms with Crippen molar-refractivity contribution in [3.05, 3.63) is 93.1 Å². The second-order valence-corrected chi connectivity index (χ2v) is 31.5. The normalized spacial score (nSPS) is 48.5. The van der Waals surface area contributed by atoms with Gasteiger partial charge in [0.05, 0.1) is 11.0 Å². The SMILES string of the molecule is NCCCc1cccc2c1C(=O)OC21C2CC(C3CCCCC3)C=CC3C4=C5CCC16C(=C(O)CC1C7CC8(CCCC8)C8(CCCC89CCCC9C#CCC8C9CC(CN81)C1CCC8=C(C5C5C(CC=CC35)C8)N1C9)C7)OC(=O)C426. The number of carbonyl (C=O) groups is 2. The lowest BCUT2D eigenvalue weighted by atomic mass is 9.27. The van der Waals surface area contributed by atoms with Crippen LogP contribution >= 0.6 is 0 Å². The van der Waals surface area contributed by atoms with E-state index in [4.69, 9.17) is 15.2 Å². The minimum Gasteiger partial charge on any atom is -0.509 e. The number of benzene rings is 1. The van der Waals surface area contributed by atoms with Crippen LogP contribution in [-0.4, -0.2) is 64.6 Å². The highest BCUT2D eigenvalue weighted by atomic mass is 16.6. The summed E-state index contributed by atoms with van der Waals surface area (Å²) < 4.78 is 15.1. The highest BCUT2D eigenvalue weighted by Gasteiger charge is 2.94. The van der Waals surface area contributed by atoms with E-state index in [0.717, 1.165) is 56.3 Å². The Morgan fingerprint density at radius 2 is 1.67 bits per heavy atom. The molecule has 426 valence electrons. The number of piperidine rings is 2. The standard InChI is InChI=1S/C73H89N3O5/c74-33-10-16-43-14-7-20-54-61(43)66(78)81-73(54)59-36-44(42-12-2-1-3-13-42)22-24-52-51-19-6-15-45-34-46-23-25-56-47-35-48-41-76(56)64(46)62(60(45)51)53-26-32-71(73)65(80-67(79)72(59,71)63(52)53)58(77)37-57-49-38-68(27-4-5-28-68)70(39-49)31-11-30-69(70)29-9-18-50(69)17-8-21-55(48)75(57)40-47/h6-7,14,19-20,22,24,42,44-45,47-52,55-57,59-60,62,77H,1-5,9-13,15-16,18,21,23,25-41,74H2. The number of fused-ring (bicyclic) bond motifs is 9. The molecule has 19 rings (SSSR count). The number of allylic oxidation sites excluding steroid dienone is 6. The van der Waals surface area contributed by atoms with Gasteiger partial charge in [-0.25, -0.2) is 4.79 Å². The van der Waals surface area contributed by atoms with E-state index in [0.29, 0.717) is 107 Å². The molecular formula is C73H89N3O5. The van der Waals surface area contributed by atoms with Crippen molar-refractivity contribution < 1.29 is 24.2 Å². The summed E-state index contributed by atoms with van der Waals surface area (Å²) in [5, 5.41) is 14.4. The molecule has 0 aromatic heterocycles. The average molecular weight is 1090 g/mol. The topological polar surface area (TPSA) is 105 Å². The monoisotopic (exact) mass is 1090 g/mol. The van der Waals surface area contributed by atoms with E-state index in [9.17, 15) is 5.11 Å². The molecule has 7 aliphatic heterocycles. The molecule has 0 radical (unpaired) electrons.